The summed E-state index contributed by atoms with van der Waals surface area (Å²) in [6.45, 7) is 5.13. The zero-order chi connectivity index (χ0) is 17.2. The zero-order valence-corrected chi connectivity index (χ0v) is 14.6. The van der Waals surface area contributed by atoms with Crippen molar-refractivity contribution in [2.75, 3.05) is 31.1 Å². The highest BCUT2D eigenvalue weighted by Gasteiger charge is 2.29. The highest BCUT2D eigenvalue weighted by atomic mass is 16.2. The zero-order valence-electron chi connectivity index (χ0n) is 14.6. The molecule has 2 aromatic rings. The van der Waals surface area contributed by atoms with Crippen molar-refractivity contribution in [3.05, 3.63) is 30.4 Å². The smallest absolute Gasteiger partial charge is 0.225 e. The van der Waals surface area contributed by atoms with Gasteiger partial charge in [-0.1, -0.05) is 12.8 Å². The molecule has 1 aliphatic heterocycles. The van der Waals surface area contributed by atoms with E-state index in [-0.39, 0.29) is 5.92 Å². The number of aryl methyl sites for hydroxylation is 1. The molecule has 1 amide bonds. The number of aromatic nitrogens is 4. The van der Waals surface area contributed by atoms with Gasteiger partial charge in [0.05, 0.1) is 0 Å². The summed E-state index contributed by atoms with van der Waals surface area (Å²) >= 11 is 0. The Labute approximate surface area is 147 Å². The lowest BCUT2D eigenvalue weighted by atomic mass is 10.1. The number of imidazole rings is 1. The molecule has 1 aliphatic carbocycles. The molecular formula is C18H24N6O. The van der Waals surface area contributed by atoms with E-state index in [4.69, 9.17) is 0 Å². The number of amides is 1. The van der Waals surface area contributed by atoms with Gasteiger partial charge in [0.25, 0.3) is 0 Å². The van der Waals surface area contributed by atoms with E-state index >= 15 is 0 Å². The minimum absolute atomic E-state index is 0.268. The van der Waals surface area contributed by atoms with Crippen LogP contribution >= 0.6 is 0 Å². The molecule has 132 valence electrons. The van der Waals surface area contributed by atoms with Crippen LogP contribution in [0.15, 0.2) is 24.5 Å². The number of hydrogen-bond donors (Lipinski definition) is 0. The van der Waals surface area contributed by atoms with Crippen molar-refractivity contribution in [2.24, 2.45) is 5.92 Å². The first-order valence-electron chi connectivity index (χ1n) is 9.10. The van der Waals surface area contributed by atoms with Crippen LogP contribution in [-0.4, -0.2) is 56.7 Å². The van der Waals surface area contributed by atoms with Crippen LogP contribution in [0.2, 0.25) is 0 Å². The molecule has 1 saturated carbocycles. The third-order valence-corrected chi connectivity index (χ3v) is 5.33. The Morgan fingerprint density at radius 3 is 2.32 bits per heavy atom. The normalized spacial score (nSPS) is 18.8. The minimum Gasteiger partial charge on any atom is -0.352 e. The fourth-order valence-corrected chi connectivity index (χ4v) is 3.82. The van der Waals surface area contributed by atoms with E-state index in [9.17, 15) is 4.79 Å². The largest absolute Gasteiger partial charge is 0.352 e. The molecule has 7 nitrogen and oxygen atoms in total. The lowest BCUT2D eigenvalue weighted by Gasteiger charge is -2.36. The van der Waals surface area contributed by atoms with Gasteiger partial charge in [-0.3, -0.25) is 9.36 Å². The molecule has 0 unspecified atom stereocenters. The second kappa shape index (κ2) is 6.82. The molecule has 0 bridgehead atoms. The SMILES string of the molecule is Cc1nccn1-c1ccc(N2CCN(C(=O)C3CCCC3)CC2)nn1. The lowest BCUT2D eigenvalue weighted by molar-refractivity contribution is -0.135. The lowest BCUT2D eigenvalue weighted by Crippen LogP contribution is -2.50. The van der Waals surface area contributed by atoms with Gasteiger partial charge in [-0.2, -0.15) is 0 Å². The summed E-state index contributed by atoms with van der Waals surface area (Å²) in [5, 5.41) is 8.70. The summed E-state index contributed by atoms with van der Waals surface area (Å²) in [7, 11) is 0. The van der Waals surface area contributed by atoms with E-state index in [0.29, 0.717) is 5.91 Å². The number of carbonyl (C=O) groups is 1. The summed E-state index contributed by atoms with van der Waals surface area (Å²) in [5.74, 6) is 3.16. The van der Waals surface area contributed by atoms with Gasteiger partial charge in [-0.15, -0.1) is 10.2 Å². The maximum Gasteiger partial charge on any atom is 0.225 e. The fraction of sp³-hybridized carbons (Fsp3) is 0.556. The van der Waals surface area contributed by atoms with Gasteiger partial charge in [0.15, 0.2) is 11.6 Å². The molecule has 2 aromatic heterocycles. The molecule has 25 heavy (non-hydrogen) atoms. The summed E-state index contributed by atoms with van der Waals surface area (Å²) in [6.07, 6.45) is 8.18. The quantitative estimate of drug-likeness (QED) is 0.852. The van der Waals surface area contributed by atoms with E-state index in [1.165, 1.54) is 12.8 Å². The van der Waals surface area contributed by atoms with Gasteiger partial charge >= 0.3 is 0 Å². The molecule has 4 rings (SSSR count). The van der Waals surface area contributed by atoms with Crippen molar-refractivity contribution < 1.29 is 4.79 Å². The standard InChI is InChI=1S/C18H24N6O/c1-14-19-8-9-24(14)17-7-6-16(20-21-17)22-10-12-23(13-11-22)18(25)15-4-2-3-5-15/h6-9,15H,2-5,10-13H2,1H3. The summed E-state index contributed by atoms with van der Waals surface area (Å²) in [6, 6.07) is 3.96. The Morgan fingerprint density at radius 2 is 1.72 bits per heavy atom. The van der Waals surface area contributed by atoms with Gasteiger partial charge < -0.3 is 9.80 Å². The summed E-state index contributed by atoms with van der Waals surface area (Å²) < 4.78 is 1.91. The predicted molar refractivity (Wildman–Crippen MR) is 94.6 cm³/mol. The van der Waals surface area contributed by atoms with E-state index in [0.717, 1.165) is 56.5 Å². The second-order valence-corrected chi connectivity index (χ2v) is 6.89. The Morgan fingerprint density at radius 1 is 1.04 bits per heavy atom. The van der Waals surface area contributed by atoms with Crippen molar-refractivity contribution in [1.29, 1.82) is 0 Å². The number of nitrogens with zero attached hydrogens (tertiary/aromatic N) is 6. The Balaban J connectivity index is 1.37. The molecular weight excluding hydrogens is 316 g/mol. The number of rotatable bonds is 3. The molecule has 7 heteroatoms. The first-order valence-corrected chi connectivity index (χ1v) is 9.10. The van der Waals surface area contributed by atoms with Crippen LogP contribution in [0.1, 0.15) is 31.5 Å². The Bertz CT molecular complexity index is 726. The van der Waals surface area contributed by atoms with Crippen molar-refractivity contribution in [2.45, 2.75) is 32.6 Å². The number of piperazine rings is 1. The van der Waals surface area contributed by atoms with E-state index in [1.807, 2.05) is 34.7 Å². The first-order chi connectivity index (χ1) is 12.2. The van der Waals surface area contributed by atoms with Crippen molar-refractivity contribution in [3.63, 3.8) is 0 Å². The third-order valence-electron chi connectivity index (χ3n) is 5.33. The first kappa shape index (κ1) is 16.1. The highest BCUT2D eigenvalue weighted by Crippen LogP contribution is 2.27. The molecule has 1 saturated heterocycles. The molecule has 0 N–H and O–H groups in total. The highest BCUT2D eigenvalue weighted by molar-refractivity contribution is 5.79. The van der Waals surface area contributed by atoms with Crippen LogP contribution in [0.3, 0.4) is 0 Å². The van der Waals surface area contributed by atoms with Gasteiger partial charge in [0.1, 0.15) is 5.82 Å². The minimum atomic E-state index is 0.268. The number of anilines is 1. The molecule has 0 aromatic carbocycles. The van der Waals surface area contributed by atoms with E-state index in [2.05, 4.69) is 20.1 Å². The van der Waals surface area contributed by atoms with Crippen LogP contribution in [0.4, 0.5) is 5.82 Å². The van der Waals surface area contributed by atoms with Gasteiger partial charge in [-0.25, -0.2) is 4.98 Å². The van der Waals surface area contributed by atoms with Crippen molar-refractivity contribution >= 4 is 11.7 Å². The summed E-state index contributed by atoms with van der Waals surface area (Å²) in [5.41, 5.74) is 0. The summed E-state index contributed by atoms with van der Waals surface area (Å²) in [4.78, 5) is 21.0. The second-order valence-electron chi connectivity index (χ2n) is 6.89. The number of carbonyl (C=O) groups excluding carboxylic acids is 1. The van der Waals surface area contributed by atoms with Crippen LogP contribution in [0.25, 0.3) is 5.82 Å². The topological polar surface area (TPSA) is 67.2 Å². The van der Waals surface area contributed by atoms with Gasteiger partial charge in [0, 0.05) is 44.5 Å². The predicted octanol–water partition coefficient (Wildman–Crippen LogP) is 1.81. The molecule has 2 fully saturated rings. The average Bonchev–Trinajstić information content (AvgIpc) is 3.33. The number of hydrogen-bond acceptors (Lipinski definition) is 5. The maximum absolute atomic E-state index is 12.5. The van der Waals surface area contributed by atoms with Crippen LogP contribution in [0, 0.1) is 12.8 Å². The van der Waals surface area contributed by atoms with Crippen molar-refractivity contribution in [3.8, 4) is 5.82 Å². The third kappa shape index (κ3) is 3.23. The van der Waals surface area contributed by atoms with Crippen LogP contribution < -0.4 is 4.90 Å². The molecule has 2 aliphatic rings. The molecule has 0 atom stereocenters. The Hall–Kier alpha value is -2.44. The monoisotopic (exact) mass is 340 g/mol. The maximum atomic E-state index is 12.5. The fourth-order valence-electron chi connectivity index (χ4n) is 3.82. The van der Waals surface area contributed by atoms with E-state index < -0.39 is 0 Å². The molecule has 3 heterocycles. The molecule has 0 spiro atoms. The molecule has 0 radical (unpaired) electrons. The van der Waals surface area contributed by atoms with Crippen LogP contribution in [0.5, 0.6) is 0 Å². The van der Waals surface area contributed by atoms with Crippen molar-refractivity contribution in [1.82, 2.24) is 24.6 Å². The Kier molecular flexibility index (Phi) is 4.38. The van der Waals surface area contributed by atoms with E-state index in [1.54, 1.807) is 6.20 Å². The van der Waals surface area contributed by atoms with Gasteiger partial charge in [0.2, 0.25) is 5.91 Å². The average molecular weight is 340 g/mol. The van der Waals surface area contributed by atoms with Crippen LogP contribution in [-0.2, 0) is 4.79 Å². The van der Waals surface area contributed by atoms with Gasteiger partial charge in [-0.05, 0) is 31.9 Å².